The van der Waals surface area contributed by atoms with Gasteiger partial charge in [-0.2, -0.15) is 4.31 Å². The van der Waals surface area contributed by atoms with Crippen LogP contribution in [-0.4, -0.2) is 95.0 Å². The maximum Gasteiger partial charge on any atom is 0.277 e. The summed E-state index contributed by atoms with van der Waals surface area (Å²) in [5.41, 5.74) is 1.39. The molecule has 0 saturated carbocycles. The number of nitrogens with zero attached hydrogens (tertiary/aromatic N) is 4. The van der Waals surface area contributed by atoms with Gasteiger partial charge in [-0.05, 0) is 67.6 Å². The second kappa shape index (κ2) is 15.2. The summed E-state index contributed by atoms with van der Waals surface area (Å²) in [6.07, 6.45) is 2.90. The number of imidazole rings is 1. The summed E-state index contributed by atoms with van der Waals surface area (Å²) < 4.78 is 57.5. The molecule has 2 heterocycles. The molecule has 0 radical (unpaired) electrons. The number of carbonyl (C=O) groups is 2. The van der Waals surface area contributed by atoms with Crippen LogP contribution in [-0.2, 0) is 23.5 Å². The Hall–Kier alpha value is -3.72. The summed E-state index contributed by atoms with van der Waals surface area (Å²) in [7, 11) is -2.44. The Balaban J connectivity index is 1.62. The van der Waals surface area contributed by atoms with E-state index in [-0.39, 0.29) is 48.2 Å². The Morgan fingerprint density at radius 1 is 1.09 bits per heavy atom. The van der Waals surface area contributed by atoms with Gasteiger partial charge in [-0.1, -0.05) is 13.8 Å². The molecule has 4 rings (SSSR count). The molecule has 3 N–H and O–H groups in total. The number of sulfonamides is 1. The lowest BCUT2D eigenvalue weighted by Crippen LogP contribution is -2.62. The molecule has 1 fully saturated rings. The van der Waals surface area contributed by atoms with E-state index in [4.69, 9.17) is 0 Å². The van der Waals surface area contributed by atoms with Crippen LogP contribution in [0, 0.1) is 18.6 Å². The molecule has 0 spiro atoms. The van der Waals surface area contributed by atoms with Gasteiger partial charge in [0.1, 0.15) is 11.6 Å². The van der Waals surface area contributed by atoms with Gasteiger partial charge in [0.2, 0.25) is 5.16 Å². The molecule has 250 valence electrons. The quantitative estimate of drug-likeness (QED) is 0.257. The van der Waals surface area contributed by atoms with Crippen LogP contribution in [0.2, 0.25) is 0 Å². The Labute approximate surface area is 268 Å². The molecule has 14 heteroatoms. The highest BCUT2D eigenvalue weighted by molar-refractivity contribution is 7.89. The number of halogens is 2. The highest BCUT2D eigenvalue weighted by Gasteiger charge is 2.38. The molecular weight excluding hydrogens is 618 g/mol. The molecule has 1 aromatic heterocycles. The van der Waals surface area contributed by atoms with Gasteiger partial charge in [-0.3, -0.25) is 9.59 Å². The lowest BCUT2D eigenvalue weighted by atomic mass is 9.94. The number of nitrogens with one attached hydrogen (secondary N) is 2. The first-order valence-electron chi connectivity index (χ1n) is 15.4. The lowest BCUT2D eigenvalue weighted by Gasteiger charge is -2.38. The van der Waals surface area contributed by atoms with Gasteiger partial charge in [0.25, 0.3) is 21.8 Å². The zero-order chi connectivity index (χ0) is 33.6. The van der Waals surface area contributed by atoms with E-state index in [9.17, 15) is 31.9 Å². The van der Waals surface area contributed by atoms with Crippen molar-refractivity contribution in [3.8, 4) is 0 Å². The molecule has 2 aromatic carbocycles. The van der Waals surface area contributed by atoms with E-state index in [0.717, 1.165) is 31.0 Å². The van der Waals surface area contributed by atoms with E-state index in [1.165, 1.54) is 27.3 Å². The molecule has 11 nitrogen and oxygen atoms in total. The molecule has 1 aliphatic rings. The van der Waals surface area contributed by atoms with Crippen molar-refractivity contribution in [3.63, 3.8) is 0 Å². The van der Waals surface area contributed by atoms with Crippen molar-refractivity contribution in [3.05, 3.63) is 82.7 Å². The van der Waals surface area contributed by atoms with Gasteiger partial charge < -0.3 is 25.2 Å². The Kier molecular flexibility index (Phi) is 11.6. The number of aliphatic hydroxyl groups excluding tert-OH is 1. The predicted molar refractivity (Wildman–Crippen MR) is 169 cm³/mol. The summed E-state index contributed by atoms with van der Waals surface area (Å²) in [6, 6.07) is 5.82. The minimum absolute atomic E-state index is 0.123. The number of hydrogen-bond donors (Lipinski definition) is 3. The third-order valence-electron chi connectivity index (χ3n) is 7.90. The largest absolute Gasteiger partial charge is 0.389 e. The van der Waals surface area contributed by atoms with Crippen molar-refractivity contribution in [1.29, 1.82) is 0 Å². The third kappa shape index (κ3) is 8.35. The van der Waals surface area contributed by atoms with E-state index in [1.54, 1.807) is 31.0 Å². The fourth-order valence-electron chi connectivity index (χ4n) is 5.76. The summed E-state index contributed by atoms with van der Waals surface area (Å²) in [4.78, 5) is 32.7. The number of aryl methyl sites for hydroxylation is 2. The minimum atomic E-state index is -4.00. The molecule has 46 heavy (non-hydrogen) atoms. The summed E-state index contributed by atoms with van der Waals surface area (Å²) in [5.74, 6) is -2.44. The standard InChI is InChI=1S/C32H42F2N6O5S/c1-5-9-39(10-6-2)31(43)24-14-21(3)13-23(18-24)30(42)37-27(17-22-15-25(33)19-26(34)16-22)29(41)28-20-40(12-8-35-28)46(44,45)32-36-7-11-38(32)4/h7,11,13-16,18-19,27-29,35,41H,5-6,8-10,12,17,20H2,1-4H3,(H,37,42)/t27-,28+,29?/m0/s1. The molecule has 2 amide bonds. The fraction of sp³-hybridized carbons (Fsp3) is 0.469. The normalized spacial score (nSPS) is 17.0. The molecule has 0 bridgehead atoms. The Morgan fingerprint density at radius 2 is 1.74 bits per heavy atom. The van der Waals surface area contributed by atoms with Gasteiger partial charge in [0, 0.05) is 75.4 Å². The summed E-state index contributed by atoms with van der Waals surface area (Å²) >= 11 is 0. The Morgan fingerprint density at radius 3 is 2.35 bits per heavy atom. The molecule has 1 unspecified atom stereocenters. The van der Waals surface area contributed by atoms with Crippen LogP contribution in [0.1, 0.15) is 58.5 Å². The zero-order valence-electron chi connectivity index (χ0n) is 26.5. The zero-order valence-corrected chi connectivity index (χ0v) is 27.4. The maximum atomic E-state index is 14.1. The van der Waals surface area contributed by atoms with Crippen LogP contribution in [0.15, 0.2) is 53.9 Å². The fourth-order valence-corrected chi connectivity index (χ4v) is 7.30. The van der Waals surface area contributed by atoms with Crippen molar-refractivity contribution in [2.75, 3.05) is 32.7 Å². The van der Waals surface area contributed by atoms with E-state index in [1.807, 2.05) is 13.8 Å². The van der Waals surface area contributed by atoms with Crippen molar-refractivity contribution in [2.24, 2.45) is 7.05 Å². The van der Waals surface area contributed by atoms with Crippen LogP contribution in [0.3, 0.4) is 0 Å². The molecule has 0 aliphatic carbocycles. The first kappa shape index (κ1) is 35.1. The maximum absolute atomic E-state index is 14.1. The first-order chi connectivity index (χ1) is 21.8. The molecule has 1 aliphatic heterocycles. The van der Waals surface area contributed by atoms with E-state index < -0.39 is 45.8 Å². The van der Waals surface area contributed by atoms with E-state index >= 15 is 0 Å². The van der Waals surface area contributed by atoms with E-state index in [2.05, 4.69) is 15.6 Å². The topological polar surface area (TPSA) is 137 Å². The first-order valence-corrected chi connectivity index (χ1v) is 16.8. The third-order valence-corrected chi connectivity index (χ3v) is 9.76. The molecular formula is C32H42F2N6O5S. The number of aromatic nitrogens is 2. The Bertz CT molecular complexity index is 1620. The molecule has 3 atom stereocenters. The average molecular weight is 661 g/mol. The second-order valence-corrected chi connectivity index (χ2v) is 13.5. The van der Waals surface area contributed by atoms with Crippen molar-refractivity contribution >= 4 is 21.8 Å². The highest BCUT2D eigenvalue weighted by atomic mass is 32.2. The second-order valence-electron chi connectivity index (χ2n) is 11.7. The van der Waals surface area contributed by atoms with Gasteiger partial charge >= 0.3 is 0 Å². The molecule has 1 saturated heterocycles. The highest BCUT2D eigenvalue weighted by Crippen LogP contribution is 2.20. The van der Waals surface area contributed by atoms with Gasteiger partial charge in [-0.15, -0.1) is 0 Å². The SMILES string of the molecule is CCCN(CCC)C(=O)c1cc(C)cc(C(=O)N[C@@H](Cc2cc(F)cc(F)c2)C(O)[C@H]2CN(S(=O)(=O)c3nccn3C)CCN2)c1. The minimum Gasteiger partial charge on any atom is -0.389 e. The number of aliphatic hydroxyl groups is 1. The van der Waals surface area contributed by atoms with Crippen LogP contribution in [0.4, 0.5) is 8.78 Å². The van der Waals surface area contributed by atoms with Gasteiger partial charge in [-0.25, -0.2) is 22.2 Å². The number of amides is 2. The number of hydrogen-bond acceptors (Lipinski definition) is 7. The van der Waals surface area contributed by atoms with Gasteiger partial charge in [0.15, 0.2) is 0 Å². The van der Waals surface area contributed by atoms with Crippen LogP contribution in [0.25, 0.3) is 0 Å². The number of benzene rings is 2. The molecule has 3 aromatic rings. The van der Waals surface area contributed by atoms with Crippen LogP contribution in [0.5, 0.6) is 0 Å². The number of rotatable bonds is 13. The summed E-state index contributed by atoms with van der Waals surface area (Å²) in [6.45, 7) is 7.05. The van der Waals surface area contributed by atoms with Crippen molar-refractivity contribution in [1.82, 2.24) is 29.4 Å². The predicted octanol–water partition coefficient (Wildman–Crippen LogP) is 2.63. The summed E-state index contributed by atoms with van der Waals surface area (Å²) in [5, 5.41) is 17.4. The monoisotopic (exact) mass is 660 g/mol. The van der Waals surface area contributed by atoms with Crippen LogP contribution < -0.4 is 10.6 Å². The smallest absolute Gasteiger partial charge is 0.277 e. The number of piperazine rings is 1. The lowest BCUT2D eigenvalue weighted by molar-refractivity contribution is 0.0599. The van der Waals surface area contributed by atoms with Crippen LogP contribution >= 0.6 is 0 Å². The van der Waals surface area contributed by atoms with Gasteiger partial charge in [0.05, 0.1) is 12.1 Å². The van der Waals surface area contributed by atoms with E-state index in [0.29, 0.717) is 24.2 Å². The number of carbonyl (C=O) groups excluding carboxylic acids is 2. The average Bonchev–Trinajstić information content (AvgIpc) is 3.45. The van der Waals surface area contributed by atoms with Crippen molar-refractivity contribution in [2.45, 2.75) is 63.4 Å². The van der Waals surface area contributed by atoms with Crippen molar-refractivity contribution < 1.29 is 31.9 Å².